The number of fused-ring (bicyclic) bond motifs is 1. The van der Waals surface area contributed by atoms with E-state index in [1.807, 2.05) is 41.3 Å². The molecule has 1 saturated heterocycles. The van der Waals surface area contributed by atoms with Gasteiger partial charge in [0.15, 0.2) is 9.84 Å². The summed E-state index contributed by atoms with van der Waals surface area (Å²) in [4.78, 5) is 19.2. The van der Waals surface area contributed by atoms with Gasteiger partial charge in [0.05, 0.1) is 27.3 Å². The van der Waals surface area contributed by atoms with Gasteiger partial charge >= 0.3 is 6.18 Å². The van der Waals surface area contributed by atoms with Gasteiger partial charge < -0.3 is 10.0 Å². The summed E-state index contributed by atoms with van der Waals surface area (Å²) < 4.78 is 65.1. The van der Waals surface area contributed by atoms with Crippen molar-refractivity contribution in [1.82, 2.24) is 4.98 Å². The van der Waals surface area contributed by atoms with E-state index in [1.165, 1.54) is 31.2 Å². The molecule has 1 aromatic heterocycles. The maximum absolute atomic E-state index is 13.7. The van der Waals surface area contributed by atoms with E-state index in [2.05, 4.69) is 4.98 Å². The summed E-state index contributed by atoms with van der Waals surface area (Å²) in [7, 11) is -3.54. The number of benzene rings is 3. The van der Waals surface area contributed by atoms with Crippen LogP contribution in [0, 0.1) is 6.92 Å². The summed E-state index contributed by atoms with van der Waals surface area (Å²) in [5.74, 6) is -2.02. The molecule has 6 nitrogen and oxygen atoms in total. The third kappa shape index (κ3) is 5.09. The van der Waals surface area contributed by atoms with Crippen LogP contribution in [0.5, 0.6) is 0 Å². The lowest BCUT2D eigenvalue weighted by atomic mass is 9.84. The van der Waals surface area contributed by atoms with Crippen molar-refractivity contribution in [3.8, 4) is 11.1 Å². The van der Waals surface area contributed by atoms with Crippen LogP contribution in [0.25, 0.3) is 22.0 Å². The number of pyridine rings is 1. The lowest BCUT2D eigenvalue weighted by Gasteiger charge is -2.40. The number of sulfone groups is 1. The highest BCUT2D eigenvalue weighted by Crippen LogP contribution is 2.41. The molecule has 0 bridgehead atoms. The number of carbonyl (C=O) groups is 1. The first-order valence-corrected chi connectivity index (χ1v) is 14.6. The van der Waals surface area contributed by atoms with Gasteiger partial charge in [-0.25, -0.2) is 8.42 Å². The van der Waals surface area contributed by atoms with Gasteiger partial charge in [-0.2, -0.15) is 13.2 Å². The van der Waals surface area contributed by atoms with Crippen LogP contribution in [0.1, 0.15) is 34.5 Å². The van der Waals surface area contributed by atoms with Gasteiger partial charge in [0.2, 0.25) is 0 Å². The number of piperidine rings is 1. The van der Waals surface area contributed by atoms with E-state index < -0.39 is 33.0 Å². The number of aryl methyl sites for hydroxylation is 1. The van der Waals surface area contributed by atoms with Gasteiger partial charge in [0.25, 0.3) is 5.78 Å². The lowest BCUT2D eigenvalue weighted by molar-refractivity contribution is -0.0885. The van der Waals surface area contributed by atoms with E-state index in [4.69, 9.17) is 0 Å². The molecule has 1 aliphatic heterocycles. The van der Waals surface area contributed by atoms with Gasteiger partial charge in [-0.1, -0.05) is 54.6 Å². The molecule has 40 heavy (non-hydrogen) atoms. The number of hydrogen-bond acceptors (Lipinski definition) is 6. The Morgan fingerprint density at radius 3 is 2.15 bits per heavy atom. The number of aromatic nitrogens is 1. The van der Waals surface area contributed by atoms with Crippen molar-refractivity contribution in [2.45, 2.75) is 36.4 Å². The number of alkyl halides is 3. The largest absolute Gasteiger partial charge is 0.454 e. The predicted molar refractivity (Wildman–Crippen MR) is 147 cm³/mol. The number of aliphatic hydroxyl groups is 1. The normalized spacial score (nSPS) is 15.8. The van der Waals surface area contributed by atoms with Crippen molar-refractivity contribution >= 4 is 32.2 Å². The fraction of sp³-hybridized carbons (Fsp3) is 0.267. The van der Waals surface area contributed by atoms with Crippen LogP contribution >= 0.6 is 0 Å². The molecule has 208 valence electrons. The van der Waals surface area contributed by atoms with E-state index in [0.717, 1.165) is 11.8 Å². The number of carbonyl (C=O) groups excluding carboxylic acids is 1. The van der Waals surface area contributed by atoms with Crippen LogP contribution in [0.3, 0.4) is 0 Å². The van der Waals surface area contributed by atoms with Gasteiger partial charge in [-0.05, 0) is 49.1 Å². The standard InChI is InChI=1S/C30H27F3N2O4S/c1-19-25(28(36)30(31,32)33)26(20-11-13-22(14-12-20)40(2,38)39)23-9-6-10-24(27(23)34-19)35-17-15-29(37,16-18-35)21-7-4-3-5-8-21/h3-14,37H,15-18H2,1-2H3. The second-order valence-electron chi connectivity index (χ2n) is 10.1. The number of anilines is 1. The van der Waals surface area contributed by atoms with Crippen LogP contribution in [0.4, 0.5) is 18.9 Å². The second-order valence-corrected chi connectivity index (χ2v) is 12.1. The fourth-order valence-corrected chi connectivity index (χ4v) is 6.02. The number of ketones is 1. The predicted octanol–water partition coefficient (Wildman–Crippen LogP) is 5.85. The van der Waals surface area contributed by atoms with Gasteiger partial charge in [-0.15, -0.1) is 0 Å². The molecule has 1 aliphatic rings. The van der Waals surface area contributed by atoms with Crippen LogP contribution in [0.2, 0.25) is 0 Å². The van der Waals surface area contributed by atoms with Crippen molar-refractivity contribution in [1.29, 1.82) is 0 Å². The Hall–Kier alpha value is -3.76. The SMILES string of the molecule is Cc1nc2c(N3CCC(O)(c4ccccc4)CC3)cccc2c(-c2ccc(S(C)(=O)=O)cc2)c1C(=O)C(F)(F)F. The molecule has 1 fully saturated rings. The van der Waals surface area contributed by atoms with Gasteiger partial charge in [0.1, 0.15) is 0 Å². The van der Waals surface area contributed by atoms with E-state index >= 15 is 0 Å². The number of nitrogens with zero attached hydrogens (tertiary/aromatic N) is 2. The average Bonchev–Trinajstić information content (AvgIpc) is 2.92. The van der Waals surface area contributed by atoms with Gasteiger partial charge in [-0.3, -0.25) is 9.78 Å². The third-order valence-corrected chi connectivity index (χ3v) is 8.60. The Morgan fingerprint density at radius 1 is 0.950 bits per heavy atom. The third-order valence-electron chi connectivity index (χ3n) is 7.47. The molecule has 0 unspecified atom stereocenters. The summed E-state index contributed by atoms with van der Waals surface area (Å²) in [5, 5.41) is 11.6. The maximum atomic E-state index is 13.7. The molecule has 10 heteroatoms. The van der Waals surface area contributed by atoms with Crippen LogP contribution in [-0.2, 0) is 15.4 Å². The Kier molecular flexibility index (Phi) is 6.96. The minimum absolute atomic E-state index is 0.00920. The van der Waals surface area contributed by atoms with E-state index in [9.17, 15) is 31.5 Å². The number of hydrogen-bond donors (Lipinski definition) is 1. The lowest BCUT2D eigenvalue weighted by Crippen LogP contribution is -2.42. The summed E-state index contributed by atoms with van der Waals surface area (Å²) in [6.45, 7) is 2.33. The molecule has 4 aromatic rings. The molecule has 0 radical (unpaired) electrons. The molecule has 0 amide bonds. The number of para-hydroxylation sites is 1. The average molecular weight is 569 g/mol. The van der Waals surface area contributed by atoms with Crippen LogP contribution in [0.15, 0.2) is 77.7 Å². The smallest absolute Gasteiger partial charge is 0.385 e. The number of Topliss-reactive ketones (excluding diaryl/α,β-unsaturated/α-hetero) is 1. The minimum atomic E-state index is -5.13. The zero-order valence-corrected chi connectivity index (χ0v) is 22.7. The van der Waals surface area contributed by atoms with Crippen molar-refractivity contribution in [2.75, 3.05) is 24.2 Å². The van der Waals surface area contributed by atoms with E-state index in [1.54, 1.807) is 12.1 Å². The molecule has 0 saturated carbocycles. The summed E-state index contributed by atoms with van der Waals surface area (Å²) in [5.41, 5.74) is 0.598. The molecular formula is C30H27F3N2O4S. The number of halogens is 3. The van der Waals surface area contributed by atoms with Crippen molar-refractivity contribution < 1.29 is 31.5 Å². The maximum Gasteiger partial charge on any atom is 0.454 e. The topological polar surface area (TPSA) is 87.6 Å². The Labute approximate surface area is 230 Å². The van der Waals surface area contributed by atoms with Crippen molar-refractivity contribution in [2.24, 2.45) is 0 Å². The summed E-state index contributed by atoms with van der Waals surface area (Å²) >= 11 is 0. The van der Waals surface area contributed by atoms with Crippen molar-refractivity contribution in [3.63, 3.8) is 0 Å². The Morgan fingerprint density at radius 2 is 1.57 bits per heavy atom. The van der Waals surface area contributed by atoms with Crippen molar-refractivity contribution in [3.05, 3.63) is 89.6 Å². The monoisotopic (exact) mass is 568 g/mol. The first-order chi connectivity index (χ1) is 18.8. The first-order valence-electron chi connectivity index (χ1n) is 12.7. The highest BCUT2D eigenvalue weighted by Gasteiger charge is 2.42. The molecule has 0 spiro atoms. The molecular weight excluding hydrogens is 541 g/mol. The summed E-state index contributed by atoms with van der Waals surface area (Å²) in [6.07, 6.45) is -3.21. The molecule has 5 rings (SSSR count). The van der Waals surface area contributed by atoms with E-state index in [-0.39, 0.29) is 21.7 Å². The molecule has 0 aliphatic carbocycles. The first kappa shape index (κ1) is 27.8. The van der Waals surface area contributed by atoms with E-state index in [0.29, 0.717) is 42.5 Å². The van der Waals surface area contributed by atoms with Crippen LogP contribution in [-0.4, -0.2) is 49.8 Å². The van der Waals surface area contributed by atoms with Crippen LogP contribution < -0.4 is 4.90 Å². The molecule has 3 aromatic carbocycles. The van der Waals surface area contributed by atoms with Gasteiger partial charge in [0, 0.05) is 36.0 Å². The highest BCUT2D eigenvalue weighted by molar-refractivity contribution is 7.90. The molecule has 2 heterocycles. The highest BCUT2D eigenvalue weighted by atomic mass is 32.2. The summed E-state index contributed by atoms with van der Waals surface area (Å²) in [6, 6.07) is 20.0. The second kappa shape index (κ2) is 10.0. The Bertz CT molecular complexity index is 1700. The zero-order chi connectivity index (χ0) is 28.9. The quantitative estimate of drug-likeness (QED) is 0.304. The molecule has 1 N–H and O–H groups in total. The molecule has 0 atom stereocenters. The Balaban J connectivity index is 1.64. The zero-order valence-electron chi connectivity index (χ0n) is 21.9. The fourth-order valence-electron chi connectivity index (χ4n) is 5.39. The minimum Gasteiger partial charge on any atom is -0.385 e. The number of rotatable bonds is 5.